The Hall–Kier alpha value is -2.08. The Morgan fingerprint density at radius 2 is 2.00 bits per heavy atom. The van der Waals surface area contributed by atoms with E-state index in [1.807, 2.05) is 18.2 Å². The molecule has 3 aliphatic rings. The Labute approximate surface area is 141 Å². The maximum Gasteiger partial charge on any atom is 0.337 e. The van der Waals surface area contributed by atoms with Crippen LogP contribution in [0.5, 0.6) is 0 Å². The number of benzene rings is 1. The summed E-state index contributed by atoms with van der Waals surface area (Å²) in [6.07, 6.45) is 3.26. The molecule has 1 aliphatic carbocycles. The second kappa shape index (κ2) is 6.09. The van der Waals surface area contributed by atoms with Gasteiger partial charge in [0.1, 0.15) is 0 Å². The maximum atomic E-state index is 11.7. The Kier molecular flexibility index (Phi) is 3.92. The molecule has 0 spiro atoms. The lowest BCUT2D eigenvalue weighted by Crippen LogP contribution is -2.42. The molecule has 0 aromatic heterocycles. The van der Waals surface area contributed by atoms with Crippen LogP contribution in [0, 0.1) is 5.92 Å². The topological polar surface area (TPSA) is 70.7 Å². The van der Waals surface area contributed by atoms with E-state index >= 15 is 0 Å². The van der Waals surface area contributed by atoms with Crippen molar-refractivity contribution in [1.82, 2.24) is 15.5 Å². The maximum absolute atomic E-state index is 11.7. The zero-order valence-corrected chi connectivity index (χ0v) is 13.9. The SMILES string of the molecule is COC(=O)c1ccc2c(c1)CN(CC1CCC3NC(=O)NC3C1)C2. The lowest BCUT2D eigenvalue weighted by molar-refractivity contribution is 0.0600. The van der Waals surface area contributed by atoms with Gasteiger partial charge in [-0.1, -0.05) is 6.07 Å². The molecule has 4 rings (SSSR count). The summed E-state index contributed by atoms with van der Waals surface area (Å²) in [5.74, 6) is 0.333. The van der Waals surface area contributed by atoms with E-state index in [0.29, 0.717) is 17.5 Å². The van der Waals surface area contributed by atoms with Gasteiger partial charge in [0.15, 0.2) is 0 Å². The molecule has 6 heteroatoms. The number of rotatable bonds is 3. The largest absolute Gasteiger partial charge is 0.465 e. The van der Waals surface area contributed by atoms with Crippen molar-refractivity contribution >= 4 is 12.0 Å². The van der Waals surface area contributed by atoms with Crippen LogP contribution >= 0.6 is 0 Å². The quantitative estimate of drug-likeness (QED) is 0.827. The number of amides is 2. The van der Waals surface area contributed by atoms with Crippen LogP contribution in [0.4, 0.5) is 4.79 Å². The van der Waals surface area contributed by atoms with Crippen molar-refractivity contribution < 1.29 is 14.3 Å². The van der Waals surface area contributed by atoms with E-state index in [1.165, 1.54) is 18.2 Å². The smallest absolute Gasteiger partial charge is 0.337 e. The van der Waals surface area contributed by atoms with Crippen molar-refractivity contribution in [3.63, 3.8) is 0 Å². The summed E-state index contributed by atoms with van der Waals surface area (Å²) >= 11 is 0. The molecular weight excluding hydrogens is 306 g/mol. The zero-order valence-electron chi connectivity index (χ0n) is 13.9. The third-order valence-corrected chi connectivity index (χ3v) is 5.52. The van der Waals surface area contributed by atoms with Gasteiger partial charge in [-0.25, -0.2) is 9.59 Å². The van der Waals surface area contributed by atoms with Gasteiger partial charge in [-0.15, -0.1) is 0 Å². The molecule has 3 atom stereocenters. The minimum Gasteiger partial charge on any atom is -0.465 e. The summed E-state index contributed by atoms with van der Waals surface area (Å²) in [6, 6.07) is 6.42. The van der Waals surface area contributed by atoms with Crippen molar-refractivity contribution in [2.45, 2.75) is 44.4 Å². The molecule has 2 fully saturated rings. The summed E-state index contributed by atoms with van der Waals surface area (Å²) in [4.78, 5) is 25.6. The van der Waals surface area contributed by atoms with Crippen LogP contribution in [-0.2, 0) is 17.8 Å². The molecule has 2 aliphatic heterocycles. The number of methoxy groups -OCH3 is 1. The average Bonchev–Trinajstić information content (AvgIpc) is 3.14. The molecule has 2 N–H and O–H groups in total. The van der Waals surface area contributed by atoms with Gasteiger partial charge in [-0.2, -0.15) is 0 Å². The molecule has 128 valence electrons. The van der Waals surface area contributed by atoms with E-state index in [9.17, 15) is 9.59 Å². The molecule has 2 amide bonds. The summed E-state index contributed by atoms with van der Waals surface area (Å²) in [5, 5.41) is 6.03. The van der Waals surface area contributed by atoms with Crippen LogP contribution in [0.1, 0.15) is 40.7 Å². The number of hydrogen-bond donors (Lipinski definition) is 2. The van der Waals surface area contributed by atoms with Crippen LogP contribution in [0.3, 0.4) is 0 Å². The molecule has 0 radical (unpaired) electrons. The minimum atomic E-state index is -0.279. The van der Waals surface area contributed by atoms with Gasteiger partial charge in [0.2, 0.25) is 0 Å². The number of esters is 1. The van der Waals surface area contributed by atoms with Gasteiger partial charge in [0, 0.05) is 19.6 Å². The number of ether oxygens (including phenoxy) is 1. The van der Waals surface area contributed by atoms with Gasteiger partial charge >= 0.3 is 12.0 Å². The van der Waals surface area contributed by atoms with Crippen LogP contribution in [0.15, 0.2) is 18.2 Å². The van der Waals surface area contributed by atoms with Crippen LogP contribution < -0.4 is 10.6 Å². The molecule has 0 bridgehead atoms. The highest BCUT2D eigenvalue weighted by Gasteiger charge is 2.37. The van der Waals surface area contributed by atoms with Gasteiger partial charge in [0.05, 0.1) is 24.8 Å². The molecule has 2 heterocycles. The third-order valence-electron chi connectivity index (χ3n) is 5.52. The minimum absolute atomic E-state index is 0.0189. The highest BCUT2D eigenvalue weighted by atomic mass is 16.5. The van der Waals surface area contributed by atoms with Gasteiger partial charge in [-0.3, -0.25) is 4.90 Å². The van der Waals surface area contributed by atoms with Gasteiger partial charge in [-0.05, 0) is 48.4 Å². The number of carbonyl (C=O) groups excluding carboxylic acids is 2. The Bertz CT molecular complexity index is 675. The number of urea groups is 1. The fourth-order valence-corrected chi connectivity index (χ4v) is 4.34. The van der Waals surface area contributed by atoms with E-state index in [0.717, 1.165) is 38.9 Å². The zero-order chi connectivity index (χ0) is 16.7. The summed E-state index contributed by atoms with van der Waals surface area (Å²) in [7, 11) is 1.41. The van der Waals surface area contributed by atoms with Crippen molar-refractivity contribution in [3.8, 4) is 0 Å². The second-order valence-corrected chi connectivity index (χ2v) is 7.15. The van der Waals surface area contributed by atoms with Gasteiger partial charge < -0.3 is 15.4 Å². The number of hydrogen-bond acceptors (Lipinski definition) is 4. The van der Waals surface area contributed by atoms with E-state index in [4.69, 9.17) is 4.74 Å². The summed E-state index contributed by atoms with van der Waals surface area (Å²) < 4.78 is 4.80. The molecule has 1 aromatic rings. The van der Waals surface area contributed by atoms with Crippen LogP contribution in [0.2, 0.25) is 0 Å². The first-order valence-corrected chi connectivity index (χ1v) is 8.62. The fraction of sp³-hybridized carbons (Fsp3) is 0.556. The number of carbonyl (C=O) groups is 2. The molecule has 6 nitrogen and oxygen atoms in total. The summed E-state index contributed by atoms with van der Waals surface area (Å²) in [6.45, 7) is 2.86. The first-order chi connectivity index (χ1) is 11.6. The lowest BCUT2D eigenvalue weighted by Gasteiger charge is -2.32. The van der Waals surface area contributed by atoms with E-state index in [1.54, 1.807) is 0 Å². The number of nitrogens with one attached hydrogen (secondary N) is 2. The molecule has 1 saturated carbocycles. The van der Waals surface area contributed by atoms with Crippen molar-refractivity contribution in [2.24, 2.45) is 5.92 Å². The second-order valence-electron chi connectivity index (χ2n) is 7.15. The first-order valence-electron chi connectivity index (χ1n) is 8.62. The van der Waals surface area contributed by atoms with Crippen molar-refractivity contribution in [2.75, 3.05) is 13.7 Å². The van der Waals surface area contributed by atoms with Crippen LogP contribution in [-0.4, -0.2) is 42.6 Å². The highest BCUT2D eigenvalue weighted by molar-refractivity contribution is 5.89. The Balaban J connectivity index is 1.37. The molecular formula is C18H23N3O3. The standard InChI is InChI=1S/C18H23N3O3/c1-24-17(22)12-3-4-13-9-21(10-14(13)7-12)8-11-2-5-15-16(6-11)20-18(23)19-15/h3-4,7,11,15-16H,2,5-6,8-10H2,1H3,(H2,19,20,23). The number of nitrogens with zero attached hydrogens (tertiary/aromatic N) is 1. The van der Waals surface area contributed by atoms with E-state index in [2.05, 4.69) is 15.5 Å². The predicted molar refractivity (Wildman–Crippen MR) is 88.5 cm³/mol. The predicted octanol–water partition coefficient (Wildman–Crippen LogP) is 1.64. The van der Waals surface area contributed by atoms with Crippen LogP contribution in [0.25, 0.3) is 0 Å². The van der Waals surface area contributed by atoms with E-state index in [-0.39, 0.29) is 18.0 Å². The monoisotopic (exact) mass is 329 g/mol. The average molecular weight is 329 g/mol. The van der Waals surface area contributed by atoms with E-state index < -0.39 is 0 Å². The summed E-state index contributed by atoms with van der Waals surface area (Å²) in [5.41, 5.74) is 3.15. The Morgan fingerprint density at radius 3 is 2.83 bits per heavy atom. The molecule has 3 unspecified atom stereocenters. The lowest BCUT2D eigenvalue weighted by atomic mass is 9.83. The number of fused-ring (bicyclic) bond motifs is 2. The molecule has 24 heavy (non-hydrogen) atoms. The first kappa shape index (κ1) is 15.4. The third kappa shape index (κ3) is 2.86. The Morgan fingerprint density at radius 1 is 1.21 bits per heavy atom. The normalized spacial score (nSPS) is 28.7. The van der Waals surface area contributed by atoms with Gasteiger partial charge in [0.25, 0.3) is 0 Å². The highest BCUT2D eigenvalue weighted by Crippen LogP contribution is 2.31. The van der Waals surface area contributed by atoms with Crippen molar-refractivity contribution in [3.05, 3.63) is 34.9 Å². The fourth-order valence-electron chi connectivity index (χ4n) is 4.34. The van der Waals surface area contributed by atoms with Crippen molar-refractivity contribution in [1.29, 1.82) is 0 Å². The molecule has 1 saturated heterocycles. The molecule has 1 aromatic carbocycles.